The Labute approximate surface area is 166 Å². The molecular formula is C20H18N3O5S-. The maximum Gasteiger partial charge on any atom is 0.243 e. The minimum atomic E-state index is -3.91. The maximum absolute atomic E-state index is 13.4. The first kappa shape index (κ1) is 19.3. The highest BCUT2D eigenvalue weighted by molar-refractivity contribution is 7.89. The molecule has 1 fully saturated rings. The highest BCUT2D eigenvalue weighted by atomic mass is 32.2. The number of rotatable bonds is 4. The highest BCUT2D eigenvalue weighted by Crippen LogP contribution is 2.35. The number of piperidine rings is 1. The zero-order chi connectivity index (χ0) is 20.6. The van der Waals surface area contributed by atoms with Gasteiger partial charge in [0.2, 0.25) is 10.0 Å². The van der Waals surface area contributed by atoms with Gasteiger partial charge in [-0.3, -0.25) is 9.78 Å². The van der Waals surface area contributed by atoms with Crippen LogP contribution in [-0.2, 0) is 10.0 Å². The van der Waals surface area contributed by atoms with Crippen molar-refractivity contribution in [1.82, 2.24) is 14.3 Å². The molecule has 1 aliphatic rings. The van der Waals surface area contributed by atoms with Gasteiger partial charge in [-0.05, 0) is 42.7 Å². The lowest BCUT2D eigenvalue weighted by Crippen LogP contribution is -2.38. The van der Waals surface area contributed by atoms with Gasteiger partial charge in [0.05, 0.1) is 22.5 Å². The van der Waals surface area contributed by atoms with Crippen LogP contribution in [0.2, 0.25) is 0 Å². The van der Waals surface area contributed by atoms with Crippen molar-refractivity contribution < 1.29 is 18.3 Å². The second kappa shape index (κ2) is 7.41. The molecule has 1 aromatic carbocycles. The lowest BCUT2D eigenvalue weighted by molar-refractivity contribution is -0.255. The van der Waals surface area contributed by atoms with Gasteiger partial charge in [-0.25, -0.2) is 8.42 Å². The third kappa shape index (κ3) is 3.43. The van der Waals surface area contributed by atoms with E-state index in [9.17, 15) is 23.1 Å². The molecule has 4 rings (SSSR count). The molecule has 0 radical (unpaired) electrons. The van der Waals surface area contributed by atoms with Crippen LogP contribution >= 0.6 is 0 Å². The Balaban J connectivity index is 1.81. The summed E-state index contributed by atoms with van der Waals surface area (Å²) < 4.78 is 28.3. The molecule has 0 spiro atoms. The summed E-state index contributed by atoms with van der Waals surface area (Å²) in [5.41, 5.74) is -0.161. The lowest BCUT2D eigenvalue weighted by Gasteiger charge is -2.34. The number of hydrogen-bond acceptors (Lipinski definition) is 6. The van der Waals surface area contributed by atoms with Gasteiger partial charge >= 0.3 is 0 Å². The summed E-state index contributed by atoms with van der Waals surface area (Å²) in [6.45, 7) is 0.357. The number of hydrogen-bond donors (Lipinski definition) is 1. The lowest BCUT2D eigenvalue weighted by atomic mass is 9.99. The molecule has 0 amide bonds. The van der Waals surface area contributed by atoms with Gasteiger partial charge < -0.3 is 14.9 Å². The minimum Gasteiger partial charge on any atom is -0.545 e. The first-order valence-electron chi connectivity index (χ1n) is 9.18. The standard InChI is InChI=1S/C20H19N3O5S/c24-19-15-10-14(6-7-17(15)22-12-16(19)20(25)26)29(27,28)23-9-2-1-5-18(23)13-4-3-8-21-11-13/h3-4,6-8,10-12,18H,1-2,5,9H2,(H,22,24)(H,25,26)/p-1/t18-/m0/s1. The van der Waals surface area contributed by atoms with Crippen LogP contribution in [-0.4, -0.2) is 35.2 Å². The van der Waals surface area contributed by atoms with E-state index >= 15 is 0 Å². The second-order valence-electron chi connectivity index (χ2n) is 6.94. The average Bonchev–Trinajstić information content (AvgIpc) is 2.74. The number of fused-ring (bicyclic) bond motifs is 1. The van der Waals surface area contributed by atoms with E-state index in [-0.39, 0.29) is 16.3 Å². The maximum atomic E-state index is 13.4. The first-order valence-corrected chi connectivity index (χ1v) is 10.6. The first-order chi connectivity index (χ1) is 13.9. The Kier molecular flexibility index (Phi) is 4.93. The number of aromatic nitrogens is 2. The Bertz CT molecular complexity index is 1240. The number of carbonyl (C=O) groups excluding carboxylic acids is 1. The van der Waals surface area contributed by atoms with Crippen molar-refractivity contribution in [3.8, 4) is 0 Å². The number of benzene rings is 1. The van der Waals surface area contributed by atoms with Crippen LogP contribution in [0.1, 0.15) is 41.2 Å². The van der Waals surface area contributed by atoms with E-state index in [1.54, 1.807) is 18.5 Å². The van der Waals surface area contributed by atoms with E-state index in [0.717, 1.165) is 24.6 Å². The summed E-state index contributed by atoms with van der Waals surface area (Å²) in [5, 5.41) is 11.1. The molecule has 8 nitrogen and oxygen atoms in total. The largest absolute Gasteiger partial charge is 0.545 e. The summed E-state index contributed by atoms with van der Waals surface area (Å²) >= 11 is 0. The van der Waals surface area contributed by atoms with E-state index < -0.39 is 27.0 Å². The van der Waals surface area contributed by atoms with Crippen LogP contribution in [0.3, 0.4) is 0 Å². The number of nitrogens with zero attached hydrogens (tertiary/aromatic N) is 2. The molecule has 0 unspecified atom stereocenters. The van der Waals surface area contributed by atoms with Crippen LogP contribution in [0.5, 0.6) is 0 Å². The summed E-state index contributed by atoms with van der Waals surface area (Å²) in [5.74, 6) is -1.62. The normalized spacial score (nSPS) is 18.0. The van der Waals surface area contributed by atoms with Crippen molar-refractivity contribution in [2.24, 2.45) is 0 Å². The molecule has 2 aromatic heterocycles. The number of aromatic amines is 1. The van der Waals surface area contributed by atoms with Gasteiger partial charge in [-0.2, -0.15) is 4.31 Å². The molecule has 1 aliphatic heterocycles. The van der Waals surface area contributed by atoms with Gasteiger partial charge in [0.1, 0.15) is 0 Å². The highest BCUT2D eigenvalue weighted by Gasteiger charge is 2.34. The quantitative estimate of drug-likeness (QED) is 0.687. The molecule has 1 N–H and O–H groups in total. The van der Waals surface area contributed by atoms with Gasteiger partial charge in [0, 0.05) is 36.0 Å². The molecule has 1 saturated heterocycles. The van der Waals surface area contributed by atoms with Gasteiger partial charge in [-0.1, -0.05) is 12.5 Å². The molecule has 9 heteroatoms. The third-order valence-electron chi connectivity index (χ3n) is 5.20. The minimum absolute atomic E-state index is 0.0114. The fourth-order valence-electron chi connectivity index (χ4n) is 3.74. The topological polar surface area (TPSA) is 123 Å². The molecule has 0 aliphatic carbocycles. The summed E-state index contributed by atoms with van der Waals surface area (Å²) in [7, 11) is -3.91. The third-order valence-corrected chi connectivity index (χ3v) is 7.11. The van der Waals surface area contributed by atoms with Gasteiger partial charge in [0.25, 0.3) is 0 Å². The fourth-order valence-corrected chi connectivity index (χ4v) is 5.45. The summed E-state index contributed by atoms with van der Waals surface area (Å²) in [4.78, 5) is 30.3. The number of H-pyrrole nitrogens is 1. The molecule has 150 valence electrons. The predicted molar refractivity (Wildman–Crippen MR) is 104 cm³/mol. The SMILES string of the molecule is O=C([O-])c1c[nH]c2ccc(S(=O)(=O)N3CCCC[C@H]3c3cccnc3)cc2c1=O. The number of nitrogens with one attached hydrogen (secondary N) is 1. The van der Waals surface area contributed by atoms with E-state index in [0.29, 0.717) is 18.5 Å². The van der Waals surface area contributed by atoms with Gasteiger partial charge in [0.15, 0.2) is 5.43 Å². The molecule has 3 heterocycles. The van der Waals surface area contributed by atoms with Crippen molar-refractivity contribution >= 4 is 26.9 Å². The fraction of sp³-hybridized carbons (Fsp3) is 0.250. The van der Waals surface area contributed by atoms with Crippen molar-refractivity contribution in [2.75, 3.05) is 6.54 Å². The number of carboxylic acids is 1. The number of pyridine rings is 2. The van der Waals surface area contributed by atoms with Crippen LogP contribution in [0, 0.1) is 0 Å². The van der Waals surface area contributed by atoms with E-state index in [1.807, 2.05) is 6.07 Å². The molecule has 3 aromatic rings. The van der Waals surface area contributed by atoms with Crippen LogP contribution in [0.4, 0.5) is 0 Å². The van der Waals surface area contributed by atoms with E-state index in [2.05, 4.69) is 9.97 Å². The second-order valence-corrected chi connectivity index (χ2v) is 8.83. The smallest absolute Gasteiger partial charge is 0.243 e. The Morgan fingerprint density at radius 3 is 2.79 bits per heavy atom. The van der Waals surface area contributed by atoms with Crippen LogP contribution in [0.25, 0.3) is 10.9 Å². The Morgan fingerprint density at radius 1 is 1.24 bits per heavy atom. The number of carbonyl (C=O) groups is 1. The number of sulfonamides is 1. The van der Waals surface area contributed by atoms with Crippen molar-refractivity contribution in [1.29, 1.82) is 0 Å². The van der Waals surface area contributed by atoms with Crippen LogP contribution in [0.15, 0.2) is 58.6 Å². The van der Waals surface area contributed by atoms with Gasteiger partial charge in [-0.15, -0.1) is 0 Å². The summed E-state index contributed by atoms with van der Waals surface area (Å²) in [6.07, 6.45) is 6.66. The predicted octanol–water partition coefficient (Wildman–Crippen LogP) is 1.20. The summed E-state index contributed by atoms with van der Waals surface area (Å²) in [6, 6.07) is 7.39. The van der Waals surface area contributed by atoms with E-state index in [4.69, 9.17) is 0 Å². The molecular weight excluding hydrogens is 394 g/mol. The molecule has 1 atom stereocenters. The molecule has 29 heavy (non-hydrogen) atoms. The average molecular weight is 412 g/mol. The Hall–Kier alpha value is -3.04. The zero-order valence-electron chi connectivity index (χ0n) is 15.4. The number of carboxylic acid groups (broad SMARTS) is 1. The Morgan fingerprint density at radius 2 is 2.07 bits per heavy atom. The number of aromatic carboxylic acids is 1. The van der Waals surface area contributed by atoms with Crippen molar-refractivity contribution in [3.05, 3.63) is 70.3 Å². The molecule has 0 saturated carbocycles. The zero-order valence-corrected chi connectivity index (χ0v) is 16.2. The van der Waals surface area contributed by atoms with Crippen molar-refractivity contribution in [3.63, 3.8) is 0 Å². The van der Waals surface area contributed by atoms with Crippen LogP contribution < -0.4 is 10.5 Å². The van der Waals surface area contributed by atoms with Crippen molar-refractivity contribution in [2.45, 2.75) is 30.2 Å². The van der Waals surface area contributed by atoms with E-state index in [1.165, 1.54) is 22.5 Å². The molecule has 0 bridgehead atoms. The monoisotopic (exact) mass is 412 g/mol.